The van der Waals surface area contributed by atoms with Gasteiger partial charge in [0.2, 0.25) is 0 Å². The van der Waals surface area contributed by atoms with Crippen LogP contribution in [0.2, 0.25) is 0 Å². The van der Waals surface area contributed by atoms with Gasteiger partial charge < -0.3 is 4.57 Å². The highest BCUT2D eigenvalue weighted by atomic mass is 31.2. The van der Waals surface area contributed by atoms with E-state index < -0.39 is 7.14 Å². The Morgan fingerprint density at radius 3 is 2.27 bits per heavy atom. The lowest BCUT2D eigenvalue weighted by molar-refractivity contribution is 0.398. The zero-order valence-corrected chi connectivity index (χ0v) is 8.16. The van der Waals surface area contributed by atoms with Crippen LogP contribution in [0.4, 0.5) is 0 Å². The lowest BCUT2D eigenvalue weighted by Crippen LogP contribution is -2.22. The molecule has 1 saturated heterocycles. The molecule has 1 aliphatic rings. The van der Waals surface area contributed by atoms with Gasteiger partial charge in [-0.1, -0.05) is 0 Å². The number of hydrogen-bond donors (Lipinski definition) is 0. The summed E-state index contributed by atoms with van der Waals surface area (Å²) in [5.74, 6) is 2.80. The van der Waals surface area contributed by atoms with E-state index in [0.29, 0.717) is 0 Å². The SMILES string of the molecule is C#CC1(C)CCP(C)(=O)CC1. The molecule has 0 saturated carbocycles. The molecule has 0 aromatic heterocycles. The van der Waals surface area contributed by atoms with Crippen LogP contribution in [0.25, 0.3) is 0 Å². The smallest absolute Gasteiger partial charge is 0.0849 e. The zero-order valence-electron chi connectivity index (χ0n) is 7.26. The first kappa shape index (κ1) is 8.88. The Morgan fingerprint density at radius 1 is 1.45 bits per heavy atom. The first-order valence-electron chi connectivity index (χ1n) is 4.01. The van der Waals surface area contributed by atoms with Crippen molar-refractivity contribution < 1.29 is 4.57 Å². The molecule has 2 heteroatoms. The maximum Gasteiger partial charge on any atom is 0.0849 e. The van der Waals surface area contributed by atoms with Crippen LogP contribution in [-0.2, 0) is 4.57 Å². The topological polar surface area (TPSA) is 17.1 Å². The maximum atomic E-state index is 11.6. The molecule has 0 N–H and O–H groups in total. The number of terminal acetylenes is 1. The van der Waals surface area contributed by atoms with Crippen molar-refractivity contribution in [2.24, 2.45) is 5.41 Å². The standard InChI is InChI=1S/C9H15OP/c1-4-9(2)5-7-11(3,10)8-6-9/h1H,5-8H2,2-3H3. The minimum absolute atomic E-state index is 0.0317. The molecule has 0 atom stereocenters. The second-order valence-corrected chi connectivity index (χ2v) is 7.44. The summed E-state index contributed by atoms with van der Waals surface area (Å²) < 4.78 is 11.6. The summed E-state index contributed by atoms with van der Waals surface area (Å²) in [5, 5.41) is 0. The molecule has 1 fully saturated rings. The molecule has 1 nitrogen and oxygen atoms in total. The Hall–Kier alpha value is -0.210. The van der Waals surface area contributed by atoms with Crippen LogP contribution in [0, 0.1) is 17.8 Å². The van der Waals surface area contributed by atoms with Gasteiger partial charge in [0.25, 0.3) is 0 Å². The van der Waals surface area contributed by atoms with E-state index in [0.717, 1.165) is 25.2 Å². The molecule has 11 heavy (non-hydrogen) atoms. The van der Waals surface area contributed by atoms with E-state index in [1.165, 1.54) is 0 Å². The maximum absolute atomic E-state index is 11.6. The Balaban J connectivity index is 2.64. The van der Waals surface area contributed by atoms with Crippen LogP contribution in [0.1, 0.15) is 19.8 Å². The van der Waals surface area contributed by atoms with Crippen molar-refractivity contribution >= 4 is 7.14 Å². The Kier molecular flexibility index (Phi) is 2.17. The van der Waals surface area contributed by atoms with Gasteiger partial charge in [0.15, 0.2) is 0 Å². The van der Waals surface area contributed by atoms with Gasteiger partial charge in [-0.2, -0.15) is 0 Å². The predicted octanol–water partition coefficient (Wildman–Crippen LogP) is 2.41. The first-order chi connectivity index (χ1) is 4.97. The molecule has 1 aliphatic heterocycles. The minimum atomic E-state index is -1.78. The second kappa shape index (κ2) is 2.68. The van der Waals surface area contributed by atoms with Crippen LogP contribution in [0.3, 0.4) is 0 Å². The monoisotopic (exact) mass is 170 g/mol. The summed E-state index contributed by atoms with van der Waals surface area (Å²) in [4.78, 5) is 0. The molecule has 62 valence electrons. The third-order valence-corrected chi connectivity index (χ3v) is 4.96. The van der Waals surface area contributed by atoms with Crippen molar-refractivity contribution in [3.05, 3.63) is 0 Å². The summed E-state index contributed by atoms with van der Waals surface area (Å²) in [5.41, 5.74) is 0.0317. The molecule has 0 unspecified atom stereocenters. The third kappa shape index (κ3) is 2.11. The zero-order chi connectivity index (χ0) is 8.54. The molecule has 1 heterocycles. The predicted molar refractivity (Wildman–Crippen MR) is 49.4 cm³/mol. The van der Waals surface area contributed by atoms with E-state index in [9.17, 15) is 4.57 Å². The Labute approximate surface area is 68.9 Å². The van der Waals surface area contributed by atoms with Crippen LogP contribution in [-0.4, -0.2) is 19.0 Å². The van der Waals surface area contributed by atoms with Crippen molar-refractivity contribution in [1.82, 2.24) is 0 Å². The number of rotatable bonds is 0. The van der Waals surface area contributed by atoms with Gasteiger partial charge in [0.05, 0.1) is 7.14 Å². The summed E-state index contributed by atoms with van der Waals surface area (Å²) in [6.07, 6.45) is 8.95. The van der Waals surface area contributed by atoms with Crippen molar-refractivity contribution in [3.8, 4) is 12.3 Å². The van der Waals surface area contributed by atoms with Crippen molar-refractivity contribution in [2.45, 2.75) is 19.8 Å². The molecule has 0 aromatic carbocycles. The highest BCUT2D eigenvalue weighted by Gasteiger charge is 2.32. The van der Waals surface area contributed by atoms with E-state index in [1.54, 1.807) is 0 Å². The third-order valence-electron chi connectivity index (χ3n) is 2.62. The lowest BCUT2D eigenvalue weighted by atomic mass is 9.85. The first-order valence-corrected chi connectivity index (χ1v) is 6.53. The highest BCUT2D eigenvalue weighted by molar-refractivity contribution is 7.63. The molecule has 0 aromatic rings. The van der Waals surface area contributed by atoms with Gasteiger partial charge in [-0.25, -0.2) is 0 Å². The van der Waals surface area contributed by atoms with Crippen LogP contribution >= 0.6 is 7.14 Å². The van der Waals surface area contributed by atoms with Gasteiger partial charge in [0, 0.05) is 17.7 Å². The van der Waals surface area contributed by atoms with Crippen molar-refractivity contribution in [1.29, 1.82) is 0 Å². The van der Waals surface area contributed by atoms with Crippen molar-refractivity contribution in [2.75, 3.05) is 19.0 Å². The molecule has 0 spiro atoms. The quantitative estimate of drug-likeness (QED) is 0.403. The lowest BCUT2D eigenvalue weighted by Gasteiger charge is -2.31. The van der Waals surface area contributed by atoms with E-state index in [2.05, 4.69) is 12.8 Å². The summed E-state index contributed by atoms with van der Waals surface area (Å²) in [6, 6.07) is 0. The fraction of sp³-hybridized carbons (Fsp3) is 0.778. The fourth-order valence-electron chi connectivity index (χ4n) is 1.35. The molecule has 0 bridgehead atoms. The van der Waals surface area contributed by atoms with Gasteiger partial charge in [-0.15, -0.1) is 12.3 Å². The van der Waals surface area contributed by atoms with E-state index in [4.69, 9.17) is 6.42 Å². The van der Waals surface area contributed by atoms with Crippen LogP contribution in [0.5, 0.6) is 0 Å². The molecule has 0 radical (unpaired) electrons. The molecule has 1 rings (SSSR count). The average molecular weight is 170 g/mol. The molecular formula is C9H15OP. The Morgan fingerprint density at radius 2 is 1.91 bits per heavy atom. The van der Waals surface area contributed by atoms with Gasteiger partial charge in [-0.05, 0) is 26.4 Å². The van der Waals surface area contributed by atoms with Crippen LogP contribution < -0.4 is 0 Å². The molecule has 0 amide bonds. The van der Waals surface area contributed by atoms with E-state index >= 15 is 0 Å². The largest absolute Gasteiger partial charge is 0.324 e. The van der Waals surface area contributed by atoms with Gasteiger partial charge >= 0.3 is 0 Å². The van der Waals surface area contributed by atoms with Gasteiger partial charge in [0.1, 0.15) is 0 Å². The van der Waals surface area contributed by atoms with Gasteiger partial charge in [-0.3, -0.25) is 0 Å². The normalized spacial score (nSPS) is 44.8. The van der Waals surface area contributed by atoms with E-state index in [1.807, 2.05) is 6.66 Å². The van der Waals surface area contributed by atoms with Crippen LogP contribution in [0.15, 0.2) is 0 Å². The minimum Gasteiger partial charge on any atom is -0.324 e. The molecular weight excluding hydrogens is 155 g/mol. The second-order valence-electron chi connectivity index (χ2n) is 3.95. The fourth-order valence-corrected chi connectivity index (χ4v) is 3.50. The van der Waals surface area contributed by atoms with E-state index in [-0.39, 0.29) is 5.41 Å². The summed E-state index contributed by atoms with van der Waals surface area (Å²) in [6.45, 7) is 3.98. The highest BCUT2D eigenvalue weighted by Crippen LogP contribution is 2.51. The van der Waals surface area contributed by atoms with Crippen molar-refractivity contribution in [3.63, 3.8) is 0 Å². The Bertz CT molecular complexity index is 224. The molecule has 0 aliphatic carbocycles. The average Bonchev–Trinajstić information content (AvgIpc) is 1.97. The summed E-state index contributed by atoms with van der Waals surface area (Å²) in [7, 11) is -1.78. The number of hydrogen-bond acceptors (Lipinski definition) is 1. The summed E-state index contributed by atoms with van der Waals surface area (Å²) >= 11 is 0.